The number of allylic oxidation sites excluding steroid dienone is 2. The minimum absolute atomic E-state index is 0.132. The molecule has 2 aromatic heterocycles. The summed E-state index contributed by atoms with van der Waals surface area (Å²) in [4.78, 5) is 3.30. The van der Waals surface area contributed by atoms with E-state index in [1.165, 1.54) is 23.1 Å². The minimum atomic E-state index is -4.28. The molecular formula is C21H23N2O6S4Se+. The normalized spacial score (nSPS) is 16.1. The average Bonchev–Trinajstić information content (AvgIpc) is 3.36. The van der Waals surface area contributed by atoms with Crippen LogP contribution in [0.25, 0.3) is 15.2 Å². The fourth-order valence-corrected chi connectivity index (χ4v) is 10.1. The molecule has 0 radical (unpaired) electrons. The molecule has 0 unspecified atom stereocenters. The molecule has 0 saturated heterocycles. The van der Waals surface area contributed by atoms with Crippen LogP contribution >= 0.6 is 23.1 Å². The van der Waals surface area contributed by atoms with Crippen LogP contribution in [-0.4, -0.2) is 46.3 Å². The van der Waals surface area contributed by atoms with Gasteiger partial charge in [0.15, 0.2) is 0 Å². The fraction of sp³-hybridized carbons (Fsp3) is 0.286. The van der Waals surface area contributed by atoms with Crippen molar-refractivity contribution in [3.05, 3.63) is 56.0 Å². The molecule has 3 heterocycles. The molecule has 0 fully saturated rings. The number of thioether (sulfide) groups is 1. The molecule has 3 aromatic rings. The Morgan fingerprint density at radius 2 is 1.85 bits per heavy atom. The summed E-state index contributed by atoms with van der Waals surface area (Å²) >= 11 is 2.72. The van der Waals surface area contributed by atoms with Gasteiger partial charge in [0.25, 0.3) is 0 Å². The van der Waals surface area contributed by atoms with E-state index in [0.717, 1.165) is 40.9 Å². The van der Waals surface area contributed by atoms with Gasteiger partial charge in [-0.1, -0.05) is 0 Å². The van der Waals surface area contributed by atoms with E-state index < -0.39 is 32.0 Å². The molecule has 4 rings (SSSR count). The average molecular weight is 607 g/mol. The molecule has 2 N–H and O–H groups in total. The summed E-state index contributed by atoms with van der Waals surface area (Å²) in [5.74, 6) is -1.08. The van der Waals surface area contributed by atoms with E-state index in [9.17, 15) is 25.9 Å². The number of fused-ring (bicyclic) bond motifs is 2. The Labute approximate surface area is 212 Å². The Morgan fingerprint density at radius 1 is 1.15 bits per heavy atom. The molecule has 0 saturated carbocycles. The first-order valence-electron chi connectivity index (χ1n) is 10.1. The SMILES string of the molecule is CCC(/C=C1\Sc2cc(C)c(C)cc2N1CS(=O)(=O)O)=C\c1[se]c2ccsc2[n+]1CS(=O)(=O)O. The number of hydrogen-bond donors (Lipinski definition) is 2. The van der Waals surface area contributed by atoms with Crippen LogP contribution in [0.15, 0.2) is 45.2 Å². The first-order chi connectivity index (χ1) is 15.8. The first kappa shape index (κ1) is 25.6. The van der Waals surface area contributed by atoms with Crippen molar-refractivity contribution in [2.45, 2.75) is 38.0 Å². The van der Waals surface area contributed by atoms with Crippen LogP contribution in [0.1, 0.15) is 29.0 Å². The Bertz CT molecular complexity index is 1550. The first-order valence-corrected chi connectivity index (χ1v) is 16.8. The Morgan fingerprint density at radius 3 is 2.50 bits per heavy atom. The molecule has 0 spiro atoms. The van der Waals surface area contributed by atoms with Gasteiger partial charge in [0.1, 0.15) is 0 Å². The van der Waals surface area contributed by atoms with E-state index >= 15 is 0 Å². The van der Waals surface area contributed by atoms with Gasteiger partial charge < -0.3 is 0 Å². The number of rotatable bonds is 7. The van der Waals surface area contributed by atoms with Crippen molar-refractivity contribution in [2.24, 2.45) is 0 Å². The molecule has 0 amide bonds. The van der Waals surface area contributed by atoms with Crippen molar-refractivity contribution in [2.75, 3.05) is 10.8 Å². The third-order valence-electron chi connectivity index (χ3n) is 5.29. The van der Waals surface area contributed by atoms with Crippen molar-refractivity contribution in [1.82, 2.24) is 0 Å². The number of aromatic nitrogens is 1. The monoisotopic (exact) mass is 607 g/mol. The quantitative estimate of drug-likeness (QED) is 0.237. The van der Waals surface area contributed by atoms with E-state index in [-0.39, 0.29) is 14.5 Å². The zero-order valence-corrected chi connectivity index (χ0v) is 23.5. The summed E-state index contributed by atoms with van der Waals surface area (Å²) in [6, 6.07) is 5.88. The number of nitrogens with zero attached hydrogens (tertiary/aromatic N) is 2. The molecule has 8 nitrogen and oxygen atoms in total. The van der Waals surface area contributed by atoms with E-state index in [1.54, 1.807) is 9.47 Å². The van der Waals surface area contributed by atoms with E-state index in [2.05, 4.69) is 0 Å². The van der Waals surface area contributed by atoms with Gasteiger partial charge in [-0.15, -0.1) is 0 Å². The summed E-state index contributed by atoms with van der Waals surface area (Å²) in [6.07, 6.45) is 4.41. The van der Waals surface area contributed by atoms with Gasteiger partial charge in [0, 0.05) is 0 Å². The second kappa shape index (κ2) is 9.55. The molecule has 0 atom stereocenters. The zero-order chi connectivity index (χ0) is 24.8. The van der Waals surface area contributed by atoms with E-state index in [4.69, 9.17) is 0 Å². The third-order valence-corrected chi connectivity index (χ3v) is 11.1. The molecule has 1 aliphatic rings. The summed E-state index contributed by atoms with van der Waals surface area (Å²) in [6.45, 7) is 5.90. The second-order valence-corrected chi connectivity index (χ2v) is 14.9. The Kier molecular flexibility index (Phi) is 7.20. The molecule has 0 aliphatic carbocycles. The van der Waals surface area contributed by atoms with Crippen LogP contribution < -0.4 is 9.47 Å². The molecule has 34 heavy (non-hydrogen) atoms. The van der Waals surface area contributed by atoms with Gasteiger partial charge in [0.2, 0.25) is 0 Å². The van der Waals surface area contributed by atoms with Crippen molar-refractivity contribution >= 4 is 78.7 Å². The molecule has 13 heteroatoms. The topological polar surface area (TPSA) is 116 Å². The van der Waals surface area contributed by atoms with Crippen LogP contribution in [0.3, 0.4) is 0 Å². The van der Waals surface area contributed by atoms with Gasteiger partial charge in [-0.05, 0) is 0 Å². The zero-order valence-electron chi connectivity index (χ0n) is 18.5. The predicted molar refractivity (Wildman–Crippen MR) is 138 cm³/mol. The maximum atomic E-state index is 11.8. The standard InChI is InChI=1S/C21H22N2O6S4Se/c1-4-15(10-20-23(12-33(27,28)29)21-18(34-20)5-6-30-21)9-19-22(11-32(24,25)26)16-7-13(2)14(3)8-17(16)31-19/h5-10H,4,11-12H2,1-3H3,(H-,24,25,26,27,28,29)/p+1. The summed E-state index contributed by atoms with van der Waals surface area (Å²) in [5.41, 5.74) is 3.70. The molecule has 182 valence electrons. The third kappa shape index (κ3) is 5.68. The Hall–Kier alpha value is -1.44. The molecule has 0 bridgehead atoms. The summed E-state index contributed by atoms with van der Waals surface area (Å²) in [5, 5.41) is 2.56. The summed E-state index contributed by atoms with van der Waals surface area (Å²) < 4.78 is 69.4. The second-order valence-electron chi connectivity index (χ2n) is 7.87. The van der Waals surface area contributed by atoms with Crippen molar-refractivity contribution in [3.8, 4) is 0 Å². The molecule has 1 aromatic carbocycles. The van der Waals surface area contributed by atoms with E-state index in [0.29, 0.717) is 11.4 Å². The van der Waals surface area contributed by atoms with Crippen molar-refractivity contribution in [1.29, 1.82) is 0 Å². The van der Waals surface area contributed by atoms with Gasteiger partial charge in [0.05, 0.1) is 0 Å². The van der Waals surface area contributed by atoms with Crippen LogP contribution in [0, 0.1) is 13.8 Å². The van der Waals surface area contributed by atoms with Crippen molar-refractivity contribution < 1.29 is 30.5 Å². The maximum absolute atomic E-state index is 11.8. The van der Waals surface area contributed by atoms with E-state index in [1.807, 2.05) is 56.5 Å². The van der Waals surface area contributed by atoms with Crippen LogP contribution in [-0.2, 0) is 26.1 Å². The predicted octanol–water partition coefficient (Wildman–Crippen LogP) is 3.80. The number of hydrogen-bond acceptors (Lipinski definition) is 7. The van der Waals surface area contributed by atoms with Gasteiger partial charge in [-0.25, -0.2) is 0 Å². The Balaban J connectivity index is 1.80. The van der Waals surface area contributed by atoms with Crippen LogP contribution in [0.4, 0.5) is 5.69 Å². The van der Waals surface area contributed by atoms with Gasteiger partial charge >= 0.3 is 214 Å². The van der Waals surface area contributed by atoms with Crippen molar-refractivity contribution in [3.63, 3.8) is 0 Å². The molecule has 1 aliphatic heterocycles. The molecular weight excluding hydrogens is 583 g/mol. The number of anilines is 1. The number of benzene rings is 1. The number of aryl methyl sites for hydroxylation is 2. The number of thiophene rings is 1. The van der Waals surface area contributed by atoms with Crippen LogP contribution in [0.5, 0.6) is 0 Å². The van der Waals surface area contributed by atoms with Crippen LogP contribution in [0.2, 0.25) is 0 Å². The van der Waals surface area contributed by atoms with Gasteiger partial charge in [-0.3, -0.25) is 0 Å². The summed E-state index contributed by atoms with van der Waals surface area (Å²) in [7, 11) is -8.51. The van der Waals surface area contributed by atoms with Gasteiger partial charge in [-0.2, -0.15) is 0 Å². The fourth-order valence-electron chi connectivity index (χ4n) is 3.54.